The smallest absolute Gasteiger partial charge is 0.306 e. The van der Waals surface area contributed by atoms with E-state index in [4.69, 9.17) is 14.2 Å². The second-order valence-corrected chi connectivity index (χ2v) is 20.5. The van der Waals surface area contributed by atoms with Crippen molar-refractivity contribution in [3.8, 4) is 0 Å². The summed E-state index contributed by atoms with van der Waals surface area (Å²) < 4.78 is 16.9. The fourth-order valence-electron chi connectivity index (χ4n) is 8.76. The first-order chi connectivity index (χ1) is 36.0. The van der Waals surface area contributed by atoms with Gasteiger partial charge in [-0.2, -0.15) is 0 Å². The lowest BCUT2D eigenvalue weighted by molar-refractivity contribution is -0.167. The third-order valence-corrected chi connectivity index (χ3v) is 13.4. The number of carbonyl (C=O) groups is 3. The van der Waals surface area contributed by atoms with E-state index in [1.807, 2.05) is 0 Å². The lowest BCUT2D eigenvalue weighted by atomic mass is 10.0. The minimum Gasteiger partial charge on any atom is -0.462 e. The topological polar surface area (TPSA) is 78.9 Å². The van der Waals surface area contributed by atoms with E-state index in [0.29, 0.717) is 19.3 Å². The van der Waals surface area contributed by atoms with Crippen molar-refractivity contribution in [3.63, 3.8) is 0 Å². The molecule has 0 aliphatic heterocycles. The van der Waals surface area contributed by atoms with Crippen LogP contribution in [0.25, 0.3) is 0 Å². The molecule has 0 aromatic heterocycles. The highest BCUT2D eigenvalue weighted by atomic mass is 16.6. The molecular formula is C67H116O6. The van der Waals surface area contributed by atoms with Crippen LogP contribution in [0.4, 0.5) is 0 Å². The van der Waals surface area contributed by atoms with Gasteiger partial charge in [0.2, 0.25) is 0 Å². The Morgan fingerprint density at radius 1 is 0.288 bits per heavy atom. The van der Waals surface area contributed by atoms with Crippen molar-refractivity contribution in [2.75, 3.05) is 13.2 Å². The summed E-state index contributed by atoms with van der Waals surface area (Å²) >= 11 is 0. The second kappa shape index (κ2) is 61.1. The Morgan fingerprint density at radius 3 is 0.849 bits per heavy atom. The molecule has 1 atom stereocenters. The van der Waals surface area contributed by atoms with E-state index < -0.39 is 6.10 Å². The summed E-state index contributed by atoms with van der Waals surface area (Å²) in [5.41, 5.74) is 0. The molecule has 6 nitrogen and oxygen atoms in total. The van der Waals surface area contributed by atoms with Crippen LogP contribution < -0.4 is 0 Å². The average molecular weight is 1020 g/mol. The highest BCUT2D eigenvalue weighted by Crippen LogP contribution is 2.16. The predicted molar refractivity (Wildman–Crippen MR) is 316 cm³/mol. The molecule has 0 aromatic carbocycles. The molecule has 0 spiro atoms. The van der Waals surface area contributed by atoms with E-state index in [1.165, 1.54) is 141 Å². The summed E-state index contributed by atoms with van der Waals surface area (Å²) in [4.78, 5) is 38.3. The fraction of sp³-hybridized carbons (Fsp3) is 0.746. The first-order valence-corrected chi connectivity index (χ1v) is 31.1. The first-order valence-electron chi connectivity index (χ1n) is 31.1. The van der Waals surface area contributed by atoms with Gasteiger partial charge in [-0.25, -0.2) is 0 Å². The summed E-state index contributed by atoms with van der Waals surface area (Å²) in [6, 6.07) is 0. The molecule has 0 amide bonds. The van der Waals surface area contributed by atoms with Crippen molar-refractivity contribution in [2.24, 2.45) is 0 Å². The molecule has 0 saturated heterocycles. The Labute approximate surface area is 452 Å². The summed E-state index contributed by atoms with van der Waals surface area (Å²) in [5.74, 6) is -0.904. The van der Waals surface area contributed by atoms with Crippen molar-refractivity contribution in [1.29, 1.82) is 0 Å². The Kier molecular flexibility index (Phi) is 58.3. The van der Waals surface area contributed by atoms with Crippen molar-refractivity contribution in [3.05, 3.63) is 85.1 Å². The Morgan fingerprint density at radius 2 is 0.534 bits per heavy atom. The minimum atomic E-state index is -0.791. The summed E-state index contributed by atoms with van der Waals surface area (Å²) in [5, 5.41) is 0. The zero-order valence-electron chi connectivity index (χ0n) is 48.1. The summed E-state index contributed by atoms with van der Waals surface area (Å²) in [6.07, 6.45) is 80.1. The zero-order chi connectivity index (χ0) is 52.9. The van der Waals surface area contributed by atoms with Crippen molar-refractivity contribution < 1.29 is 28.6 Å². The number of allylic oxidation sites excluding steroid dienone is 14. The van der Waals surface area contributed by atoms with Gasteiger partial charge in [0.1, 0.15) is 13.2 Å². The molecular weight excluding hydrogens is 901 g/mol. The third kappa shape index (κ3) is 59.3. The molecule has 0 aliphatic carbocycles. The summed E-state index contributed by atoms with van der Waals surface area (Å²) in [6.45, 7) is 6.42. The van der Waals surface area contributed by atoms with E-state index in [0.717, 1.165) is 122 Å². The van der Waals surface area contributed by atoms with Crippen LogP contribution in [0.1, 0.15) is 303 Å². The van der Waals surface area contributed by atoms with Crippen molar-refractivity contribution in [2.45, 2.75) is 309 Å². The standard InChI is InChI=1S/C67H116O6/c1-4-7-10-13-16-19-22-25-28-30-31-32-33-34-35-37-39-42-45-48-51-54-57-60-66(69)72-63-64(62-71-65(68)59-56-53-50-47-44-41-38-27-24-21-18-15-12-9-6-3)73-67(70)61-58-55-52-49-46-43-40-36-29-26-23-20-17-14-11-8-5-2/h8-9,11-12,17-18,20-21,26-27,29-31,38,64H,4-7,10,13-16,19,22-25,28,32-37,39-63H2,1-3H3/b11-8-,12-9-,20-17-,21-18-,29-26-,31-30-,38-27-. The minimum absolute atomic E-state index is 0.0858. The van der Waals surface area contributed by atoms with Gasteiger partial charge in [0.05, 0.1) is 0 Å². The first kappa shape index (κ1) is 69.6. The molecule has 0 radical (unpaired) electrons. The van der Waals surface area contributed by atoms with Gasteiger partial charge in [-0.05, 0) is 109 Å². The van der Waals surface area contributed by atoms with Crippen LogP contribution >= 0.6 is 0 Å². The van der Waals surface area contributed by atoms with Gasteiger partial charge >= 0.3 is 17.9 Å². The number of unbranched alkanes of at least 4 members (excludes halogenated alkanes) is 31. The Hall–Kier alpha value is -3.41. The van der Waals surface area contributed by atoms with E-state index >= 15 is 0 Å². The highest BCUT2D eigenvalue weighted by Gasteiger charge is 2.19. The van der Waals surface area contributed by atoms with Gasteiger partial charge in [0, 0.05) is 19.3 Å². The Balaban J connectivity index is 4.35. The highest BCUT2D eigenvalue weighted by molar-refractivity contribution is 5.71. The van der Waals surface area contributed by atoms with Crippen LogP contribution in [0.2, 0.25) is 0 Å². The van der Waals surface area contributed by atoms with Gasteiger partial charge in [-0.1, -0.05) is 260 Å². The Bertz CT molecular complexity index is 1400. The fourth-order valence-corrected chi connectivity index (χ4v) is 8.76. The number of hydrogen-bond donors (Lipinski definition) is 0. The number of ether oxygens (including phenoxy) is 3. The van der Waals surface area contributed by atoms with E-state index in [2.05, 4.69) is 106 Å². The van der Waals surface area contributed by atoms with Gasteiger partial charge in [0.25, 0.3) is 0 Å². The maximum Gasteiger partial charge on any atom is 0.306 e. The van der Waals surface area contributed by atoms with Crippen LogP contribution in [-0.2, 0) is 28.6 Å². The molecule has 0 rings (SSSR count). The molecule has 0 saturated carbocycles. The SMILES string of the molecule is CC/C=C\C/C=C\C/C=C\CCCCCCCCCC(=O)OC(COC(=O)CCCCCCC/C=C\C/C=C\C/C=C\CC)COC(=O)CCCCCCCCCCCCC/C=C\CCCCCCCCCC. The van der Waals surface area contributed by atoms with Crippen LogP contribution in [0.3, 0.4) is 0 Å². The molecule has 73 heavy (non-hydrogen) atoms. The lowest BCUT2D eigenvalue weighted by Crippen LogP contribution is -2.30. The number of rotatable bonds is 56. The number of hydrogen-bond acceptors (Lipinski definition) is 6. The van der Waals surface area contributed by atoms with Crippen LogP contribution in [-0.4, -0.2) is 37.2 Å². The van der Waals surface area contributed by atoms with Crippen LogP contribution in [0.5, 0.6) is 0 Å². The molecule has 6 heteroatoms. The number of carbonyl (C=O) groups excluding carboxylic acids is 3. The predicted octanol–water partition coefficient (Wildman–Crippen LogP) is 21.1. The van der Waals surface area contributed by atoms with Crippen molar-refractivity contribution in [1.82, 2.24) is 0 Å². The third-order valence-electron chi connectivity index (χ3n) is 13.4. The van der Waals surface area contributed by atoms with Crippen LogP contribution in [0, 0.1) is 0 Å². The van der Waals surface area contributed by atoms with Crippen molar-refractivity contribution >= 4 is 17.9 Å². The summed E-state index contributed by atoms with van der Waals surface area (Å²) in [7, 11) is 0. The molecule has 0 fully saturated rings. The van der Waals surface area contributed by atoms with Gasteiger partial charge in [0.15, 0.2) is 6.10 Å². The monoisotopic (exact) mass is 1020 g/mol. The molecule has 0 aromatic rings. The molecule has 1 unspecified atom stereocenters. The molecule has 0 aliphatic rings. The van der Waals surface area contributed by atoms with E-state index in [-0.39, 0.29) is 31.1 Å². The van der Waals surface area contributed by atoms with Gasteiger partial charge < -0.3 is 14.2 Å². The lowest BCUT2D eigenvalue weighted by Gasteiger charge is -2.18. The van der Waals surface area contributed by atoms with Crippen LogP contribution in [0.15, 0.2) is 85.1 Å². The number of esters is 3. The quantitative estimate of drug-likeness (QED) is 0.0261. The maximum atomic E-state index is 12.9. The van der Waals surface area contributed by atoms with Gasteiger partial charge in [-0.15, -0.1) is 0 Å². The second-order valence-electron chi connectivity index (χ2n) is 20.5. The largest absolute Gasteiger partial charge is 0.462 e. The van der Waals surface area contributed by atoms with E-state index in [1.54, 1.807) is 0 Å². The zero-order valence-corrected chi connectivity index (χ0v) is 48.1. The molecule has 0 heterocycles. The molecule has 0 N–H and O–H groups in total. The average Bonchev–Trinajstić information content (AvgIpc) is 3.39. The van der Waals surface area contributed by atoms with Gasteiger partial charge in [-0.3, -0.25) is 14.4 Å². The van der Waals surface area contributed by atoms with E-state index in [9.17, 15) is 14.4 Å². The maximum absolute atomic E-state index is 12.9. The normalized spacial score (nSPS) is 12.6. The molecule has 420 valence electrons. The molecule has 0 bridgehead atoms.